The number of nitrogens with zero attached hydrogens (tertiary/aromatic N) is 1. The number of amides is 2. The molecule has 0 bridgehead atoms. The molecule has 1 aromatic carbocycles. The first-order chi connectivity index (χ1) is 10.3. The molecule has 21 heavy (non-hydrogen) atoms. The Morgan fingerprint density at radius 1 is 1.43 bits per heavy atom. The maximum Gasteiger partial charge on any atom is 0.317 e. The van der Waals surface area contributed by atoms with Crippen LogP contribution in [0.4, 0.5) is 4.79 Å². The van der Waals surface area contributed by atoms with Crippen LogP contribution in [-0.2, 0) is 10.5 Å². The highest BCUT2D eigenvalue weighted by molar-refractivity contribution is 7.98. The molecule has 5 heteroatoms. The van der Waals surface area contributed by atoms with Crippen molar-refractivity contribution in [1.82, 2.24) is 10.2 Å². The van der Waals surface area contributed by atoms with Gasteiger partial charge in [0.25, 0.3) is 0 Å². The van der Waals surface area contributed by atoms with Crippen LogP contribution in [0.1, 0.15) is 18.4 Å². The Kier molecular flexibility index (Phi) is 6.89. The molecule has 1 aliphatic rings. The number of nitrogens with one attached hydrogen (secondary N) is 1. The van der Waals surface area contributed by atoms with Crippen molar-refractivity contribution in [2.24, 2.45) is 0 Å². The molecular weight excluding hydrogens is 284 g/mol. The van der Waals surface area contributed by atoms with Crippen molar-refractivity contribution in [3.8, 4) is 0 Å². The Balaban J connectivity index is 1.61. The number of benzene rings is 1. The third-order valence-corrected chi connectivity index (χ3v) is 4.66. The van der Waals surface area contributed by atoms with Gasteiger partial charge in [0.15, 0.2) is 0 Å². The molecule has 4 nitrogen and oxygen atoms in total. The van der Waals surface area contributed by atoms with Crippen LogP contribution < -0.4 is 5.32 Å². The third kappa shape index (κ3) is 5.25. The van der Waals surface area contributed by atoms with Crippen LogP contribution in [0.2, 0.25) is 0 Å². The van der Waals surface area contributed by atoms with Crippen molar-refractivity contribution < 1.29 is 9.53 Å². The summed E-state index contributed by atoms with van der Waals surface area (Å²) >= 11 is 1.84. The lowest BCUT2D eigenvalue weighted by Gasteiger charge is -2.24. The number of methoxy groups -OCH3 is 1. The van der Waals surface area contributed by atoms with Gasteiger partial charge < -0.3 is 15.0 Å². The molecule has 116 valence electrons. The summed E-state index contributed by atoms with van der Waals surface area (Å²) in [4.78, 5) is 14.0. The Bertz CT molecular complexity index is 428. The lowest BCUT2D eigenvalue weighted by Crippen LogP contribution is -2.45. The van der Waals surface area contributed by atoms with Crippen LogP contribution in [0.3, 0.4) is 0 Å². The van der Waals surface area contributed by atoms with Crippen molar-refractivity contribution >= 4 is 17.8 Å². The average molecular weight is 308 g/mol. The number of carbonyl (C=O) groups excluding carboxylic acids is 1. The molecule has 1 aromatic rings. The predicted octanol–water partition coefficient (Wildman–Crippen LogP) is 2.74. The van der Waals surface area contributed by atoms with Gasteiger partial charge in [-0.2, -0.15) is 11.8 Å². The van der Waals surface area contributed by atoms with E-state index in [1.807, 2.05) is 22.7 Å². The van der Waals surface area contributed by atoms with Gasteiger partial charge in [-0.25, -0.2) is 4.79 Å². The summed E-state index contributed by atoms with van der Waals surface area (Å²) in [6.07, 6.45) is 2.12. The average Bonchev–Trinajstić information content (AvgIpc) is 2.96. The first-order valence-corrected chi connectivity index (χ1v) is 8.62. The Morgan fingerprint density at radius 3 is 3.00 bits per heavy atom. The summed E-state index contributed by atoms with van der Waals surface area (Å²) in [6.45, 7) is 2.19. The quantitative estimate of drug-likeness (QED) is 0.788. The molecule has 0 unspecified atom stereocenters. The van der Waals surface area contributed by atoms with Crippen molar-refractivity contribution in [2.45, 2.75) is 24.6 Å². The highest BCUT2D eigenvalue weighted by Gasteiger charge is 2.28. The van der Waals surface area contributed by atoms with Gasteiger partial charge in [-0.15, -0.1) is 0 Å². The zero-order valence-electron chi connectivity index (χ0n) is 12.6. The van der Waals surface area contributed by atoms with Crippen LogP contribution in [0.25, 0.3) is 0 Å². The molecular formula is C16H24N2O2S. The lowest BCUT2D eigenvalue weighted by molar-refractivity contribution is 0.124. The van der Waals surface area contributed by atoms with Gasteiger partial charge in [0.05, 0.1) is 12.6 Å². The molecule has 0 spiro atoms. The molecule has 0 saturated carbocycles. The fourth-order valence-corrected chi connectivity index (χ4v) is 3.38. The summed E-state index contributed by atoms with van der Waals surface area (Å²) in [6, 6.07) is 10.7. The zero-order valence-corrected chi connectivity index (χ0v) is 13.4. The summed E-state index contributed by atoms with van der Waals surface area (Å²) in [5.41, 5.74) is 1.33. The van der Waals surface area contributed by atoms with Gasteiger partial charge in [-0.1, -0.05) is 30.3 Å². The molecule has 1 N–H and O–H groups in total. The molecule has 0 radical (unpaired) electrons. The number of rotatable bonds is 7. The Morgan fingerprint density at radius 2 is 2.24 bits per heavy atom. The number of ether oxygens (including phenoxy) is 1. The van der Waals surface area contributed by atoms with Crippen LogP contribution in [0, 0.1) is 0 Å². The van der Waals surface area contributed by atoms with E-state index < -0.39 is 0 Å². The van der Waals surface area contributed by atoms with E-state index in [-0.39, 0.29) is 12.1 Å². The number of likely N-dealkylation sites (tertiary alicyclic amines) is 1. The molecule has 1 atom stereocenters. The highest BCUT2D eigenvalue weighted by Crippen LogP contribution is 2.17. The summed E-state index contributed by atoms with van der Waals surface area (Å²) in [5.74, 6) is 1.93. The maximum atomic E-state index is 12.1. The minimum Gasteiger partial charge on any atom is -0.383 e. The fourth-order valence-electron chi connectivity index (χ4n) is 2.56. The van der Waals surface area contributed by atoms with Gasteiger partial charge in [0, 0.05) is 31.7 Å². The third-order valence-electron chi connectivity index (χ3n) is 3.63. The van der Waals surface area contributed by atoms with Crippen molar-refractivity contribution in [1.29, 1.82) is 0 Å². The monoisotopic (exact) mass is 308 g/mol. The van der Waals surface area contributed by atoms with Crippen LogP contribution in [-0.4, -0.2) is 49.5 Å². The standard InChI is InChI=1S/C16H24N2O2S/c1-20-12-15-8-5-10-18(15)16(19)17-9-11-21-13-14-6-3-2-4-7-14/h2-4,6-7,15H,5,8-13H2,1H3,(H,17,19)/t15-/m0/s1. The number of hydrogen-bond acceptors (Lipinski definition) is 3. The van der Waals surface area contributed by atoms with Gasteiger partial charge in [-0.05, 0) is 18.4 Å². The topological polar surface area (TPSA) is 41.6 Å². The van der Waals surface area contributed by atoms with E-state index in [0.29, 0.717) is 13.2 Å². The SMILES string of the molecule is COC[C@@H]1CCCN1C(=O)NCCSCc1ccccc1. The van der Waals surface area contributed by atoms with E-state index in [1.54, 1.807) is 7.11 Å². The van der Waals surface area contributed by atoms with E-state index in [2.05, 4.69) is 29.6 Å². The number of thioether (sulfide) groups is 1. The lowest BCUT2D eigenvalue weighted by atomic mass is 10.2. The van der Waals surface area contributed by atoms with Crippen LogP contribution in [0.15, 0.2) is 30.3 Å². The number of carbonyl (C=O) groups is 1. The van der Waals surface area contributed by atoms with E-state index in [0.717, 1.165) is 30.9 Å². The second-order valence-corrected chi connectivity index (χ2v) is 6.32. The fraction of sp³-hybridized carbons (Fsp3) is 0.562. The van der Waals surface area contributed by atoms with E-state index in [4.69, 9.17) is 4.74 Å². The van der Waals surface area contributed by atoms with Crippen LogP contribution in [0.5, 0.6) is 0 Å². The van der Waals surface area contributed by atoms with Gasteiger partial charge >= 0.3 is 6.03 Å². The molecule has 2 rings (SSSR count). The minimum absolute atomic E-state index is 0.0508. The van der Waals surface area contributed by atoms with E-state index in [1.165, 1.54) is 5.56 Å². The molecule has 2 amide bonds. The number of hydrogen-bond donors (Lipinski definition) is 1. The normalized spacial score (nSPS) is 18.0. The number of urea groups is 1. The largest absolute Gasteiger partial charge is 0.383 e. The molecule has 1 fully saturated rings. The Labute approximate surface area is 131 Å². The zero-order chi connectivity index (χ0) is 14.9. The second-order valence-electron chi connectivity index (χ2n) is 5.21. The van der Waals surface area contributed by atoms with Crippen molar-refractivity contribution in [2.75, 3.05) is 32.6 Å². The first-order valence-electron chi connectivity index (χ1n) is 7.46. The summed E-state index contributed by atoms with van der Waals surface area (Å²) in [7, 11) is 1.69. The predicted molar refractivity (Wildman–Crippen MR) is 87.6 cm³/mol. The first kappa shape index (κ1) is 16.2. The molecule has 0 aromatic heterocycles. The minimum atomic E-state index is 0.0508. The van der Waals surface area contributed by atoms with Crippen molar-refractivity contribution in [3.05, 3.63) is 35.9 Å². The summed E-state index contributed by atoms with van der Waals surface area (Å²) < 4.78 is 5.17. The highest BCUT2D eigenvalue weighted by atomic mass is 32.2. The van der Waals surface area contributed by atoms with Gasteiger partial charge in [-0.3, -0.25) is 0 Å². The molecule has 1 saturated heterocycles. The van der Waals surface area contributed by atoms with E-state index >= 15 is 0 Å². The molecule has 1 heterocycles. The molecule has 0 aliphatic carbocycles. The van der Waals surface area contributed by atoms with E-state index in [9.17, 15) is 4.79 Å². The van der Waals surface area contributed by atoms with Crippen molar-refractivity contribution in [3.63, 3.8) is 0 Å². The maximum absolute atomic E-state index is 12.1. The smallest absolute Gasteiger partial charge is 0.317 e. The summed E-state index contributed by atoms with van der Waals surface area (Å²) in [5, 5.41) is 3.01. The second kappa shape index (κ2) is 8.95. The van der Waals surface area contributed by atoms with Gasteiger partial charge in [0.2, 0.25) is 0 Å². The van der Waals surface area contributed by atoms with Crippen LogP contribution >= 0.6 is 11.8 Å². The molecule has 1 aliphatic heterocycles. The Hall–Kier alpha value is -1.20. The van der Waals surface area contributed by atoms with Gasteiger partial charge in [0.1, 0.15) is 0 Å².